The van der Waals surface area contributed by atoms with Crippen LogP contribution in [0.1, 0.15) is 20.8 Å². The van der Waals surface area contributed by atoms with E-state index in [9.17, 15) is 19.6 Å². The highest BCUT2D eigenvalue weighted by Crippen LogP contribution is 2.15. The number of benzene rings is 1. The molecule has 0 saturated carbocycles. The average Bonchev–Trinajstić information content (AvgIpc) is 3.06. The third-order valence-electron chi connectivity index (χ3n) is 4.07. The second kappa shape index (κ2) is 11.7. The zero-order chi connectivity index (χ0) is 22.8. The molecule has 2 rings (SSSR count). The number of ether oxygens (including phenoxy) is 1. The fourth-order valence-electron chi connectivity index (χ4n) is 2.66. The van der Waals surface area contributed by atoms with Gasteiger partial charge in [0.05, 0.1) is 0 Å². The topological polar surface area (TPSA) is 125 Å². The Bertz CT molecular complexity index is 1160. The van der Waals surface area contributed by atoms with E-state index in [1.807, 2.05) is 13.0 Å². The number of aromatic nitrogens is 1. The zero-order valence-electron chi connectivity index (χ0n) is 17.7. The Morgan fingerprint density at radius 1 is 1.26 bits per heavy atom. The van der Waals surface area contributed by atoms with Crippen LogP contribution in [0.25, 0.3) is 11.8 Å². The molecular formula is C21H25N5O4S. The van der Waals surface area contributed by atoms with E-state index < -0.39 is 5.91 Å². The van der Waals surface area contributed by atoms with Crippen LogP contribution in [0.4, 0.5) is 11.4 Å². The number of rotatable bonds is 9. The summed E-state index contributed by atoms with van der Waals surface area (Å²) in [7, 11) is 0. The Kier molecular flexibility index (Phi) is 8.99. The van der Waals surface area contributed by atoms with Gasteiger partial charge < -0.3 is 20.7 Å². The van der Waals surface area contributed by atoms with Crippen molar-refractivity contribution in [2.45, 2.75) is 27.3 Å². The number of hydrogen-bond acceptors (Lipinski definition) is 7. The summed E-state index contributed by atoms with van der Waals surface area (Å²) in [4.78, 5) is 36.7. The van der Waals surface area contributed by atoms with E-state index in [-0.39, 0.29) is 23.6 Å². The van der Waals surface area contributed by atoms with Crippen LogP contribution in [0.15, 0.2) is 29.1 Å². The highest BCUT2D eigenvalue weighted by atomic mass is 32.1. The van der Waals surface area contributed by atoms with Crippen LogP contribution in [-0.4, -0.2) is 36.1 Å². The standard InChI is InChI=1S/C21H25N5O4S/c1-4-23-19(28)16(11-22)21-26(5-2)20(29)17(31-21)12-24-14-8-7-9-15(10-14)25-18(27)13-30-6-3/h7-10,12,24H,4-6,13H2,1-3H3,(H,23,28)(H,25,27). The van der Waals surface area contributed by atoms with E-state index in [1.54, 1.807) is 38.1 Å². The molecule has 164 valence electrons. The molecule has 0 radical (unpaired) electrons. The number of amides is 2. The van der Waals surface area contributed by atoms with Crippen molar-refractivity contribution in [2.24, 2.45) is 0 Å². The molecule has 9 nitrogen and oxygen atoms in total. The van der Waals surface area contributed by atoms with E-state index in [0.29, 0.717) is 40.3 Å². The maximum atomic E-state index is 12.7. The first-order chi connectivity index (χ1) is 14.9. The summed E-state index contributed by atoms with van der Waals surface area (Å²) in [6.45, 7) is 6.46. The number of carbonyl (C=O) groups excluding carboxylic acids is 2. The summed E-state index contributed by atoms with van der Waals surface area (Å²) in [6.07, 6.45) is 1.52. The highest BCUT2D eigenvalue weighted by Gasteiger charge is 2.14. The molecule has 10 heteroatoms. The molecule has 31 heavy (non-hydrogen) atoms. The fraction of sp³-hybridized carbons (Fsp3) is 0.333. The third kappa shape index (κ3) is 6.28. The number of nitriles is 1. The van der Waals surface area contributed by atoms with Gasteiger partial charge in [-0.25, -0.2) is 0 Å². The van der Waals surface area contributed by atoms with Crippen molar-refractivity contribution < 1.29 is 14.3 Å². The van der Waals surface area contributed by atoms with Gasteiger partial charge in [0.2, 0.25) is 5.91 Å². The molecule has 0 unspecified atom stereocenters. The van der Waals surface area contributed by atoms with Gasteiger partial charge in [-0.3, -0.25) is 19.0 Å². The molecule has 2 aromatic rings. The van der Waals surface area contributed by atoms with E-state index in [2.05, 4.69) is 16.0 Å². The average molecular weight is 444 g/mol. The number of anilines is 2. The summed E-state index contributed by atoms with van der Waals surface area (Å²) < 4.78 is 7.14. The minimum atomic E-state index is -0.511. The van der Waals surface area contributed by atoms with Gasteiger partial charge in [-0.05, 0) is 39.0 Å². The van der Waals surface area contributed by atoms with Crippen molar-refractivity contribution in [3.05, 3.63) is 43.8 Å². The van der Waals surface area contributed by atoms with Crippen LogP contribution in [0.5, 0.6) is 0 Å². The molecule has 0 spiro atoms. The minimum absolute atomic E-state index is 0.0296. The molecule has 0 bridgehead atoms. The number of hydrogen-bond donors (Lipinski definition) is 3. The second-order valence-corrected chi connectivity index (χ2v) is 7.25. The van der Waals surface area contributed by atoms with Gasteiger partial charge >= 0.3 is 0 Å². The van der Waals surface area contributed by atoms with Crippen molar-refractivity contribution >= 4 is 46.3 Å². The maximum Gasteiger partial charge on any atom is 0.270 e. The SMILES string of the molecule is CCNC(=O)C(C#N)=c1sc(=CNc2cccc(NC(=O)COCC)c2)c(=O)n1CC. The predicted octanol–water partition coefficient (Wildman–Crippen LogP) is 0.565. The van der Waals surface area contributed by atoms with Gasteiger partial charge in [-0.2, -0.15) is 5.26 Å². The van der Waals surface area contributed by atoms with Gasteiger partial charge in [0.15, 0.2) is 5.57 Å². The summed E-state index contributed by atoms with van der Waals surface area (Å²) in [5.74, 6) is -0.773. The van der Waals surface area contributed by atoms with Gasteiger partial charge in [0.1, 0.15) is 21.9 Å². The molecule has 1 aromatic carbocycles. The molecular weight excluding hydrogens is 418 g/mol. The molecule has 0 saturated heterocycles. The number of nitrogens with one attached hydrogen (secondary N) is 3. The summed E-state index contributed by atoms with van der Waals surface area (Å²) in [6, 6.07) is 8.90. The lowest BCUT2D eigenvalue weighted by Gasteiger charge is -2.07. The van der Waals surface area contributed by atoms with Crippen molar-refractivity contribution in [1.29, 1.82) is 5.26 Å². The van der Waals surface area contributed by atoms with Crippen LogP contribution in [0.3, 0.4) is 0 Å². The predicted molar refractivity (Wildman–Crippen MR) is 121 cm³/mol. The van der Waals surface area contributed by atoms with E-state index in [0.717, 1.165) is 11.3 Å². The number of thiazole rings is 1. The van der Waals surface area contributed by atoms with Gasteiger partial charge in [-0.1, -0.05) is 6.07 Å². The summed E-state index contributed by atoms with van der Waals surface area (Å²) in [5.41, 5.74) is 0.842. The minimum Gasteiger partial charge on any atom is -0.372 e. The Morgan fingerprint density at radius 3 is 2.65 bits per heavy atom. The largest absolute Gasteiger partial charge is 0.372 e. The smallest absolute Gasteiger partial charge is 0.270 e. The lowest BCUT2D eigenvalue weighted by Crippen LogP contribution is -2.34. The van der Waals surface area contributed by atoms with Crippen LogP contribution in [-0.2, 0) is 20.9 Å². The monoisotopic (exact) mass is 443 g/mol. The van der Waals surface area contributed by atoms with Crippen LogP contribution in [0, 0.1) is 11.3 Å². The maximum absolute atomic E-state index is 12.7. The highest BCUT2D eigenvalue weighted by molar-refractivity contribution is 7.07. The van der Waals surface area contributed by atoms with E-state index in [4.69, 9.17) is 4.74 Å². The Hall–Kier alpha value is -3.42. The summed E-state index contributed by atoms with van der Waals surface area (Å²) in [5, 5.41) is 17.8. The fourth-order valence-corrected chi connectivity index (χ4v) is 3.75. The number of nitrogens with zero attached hydrogens (tertiary/aromatic N) is 2. The normalized spacial score (nSPS) is 12.1. The molecule has 0 atom stereocenters. The molecule has 1 aromatic heterocycles. The molecule has 0 aliphatic carbocycles. The molecule has 0 aliphatic heterocycles. The lowest BCUT2D eigenvalue weighted by molar-refractivity contribution is -0.120. The number of carbonyl (C=O) groups is 2. The van der Waals surface area contributed by atoms with Crippen molar-refractivity contribution in [1.82, 2.24) is 9.88 Å². The van der Waals surface area contributed by atoms with Crippen LogP contribution in [0.2, 0.25) is 0 Å². The molecule has 0 aliphatic rings. The second-order valence-electron chi connectivity index (χ2n) is 6.22. The van der Waals surface area contributed by atoms with Gasteiger partial charge in [0.25, 0.3) is 11.5 Å². The Morgan fingerprint density at radius 2 is 2.00 bits per heavy atom. The Labute approximate surface area is 183 Å². The van der Waals surface area contributed by atoms with Gasteiger partial charge in [-0.15, -0.1) is 11.3 Å². The van der Waals surface area contributed by atoms with E-state index >= 15 is 0 Å². The first-order valence-corrected chi connectivity index (χ1v) is 10.6. The molecule has 2 amide bonds. The third-order valence-corrected chi connectivity index (χ3v) is 5.20. The molecule has 1 heterocycles. The summed E-state index contributed by atoms with van der Waals surface area (Å²) >= 11 is 1.07. The zero-order valence-corrected chi connectivity index (χ0v) is 18.5. The first-order valence-electron chi connectivity index (χ1n) is 9.81. The lowest BCUT2D eigenvalue weighted by atomic mass is 10.2. The quantitative estimate of drug-likeness (QED) is 0.520. The van der Waals surface area contributed by atoms with Gasteiger partial charge in [0, 0.05) is 37.3 Å². The first kappa shape index (κ1) is 23.9. The van der Waals surface area contributed by atoms with E-state index in [1.165, 1.54) is 10.8 Å². The van der Waals surface area contributed by atoms with Crippen LogP contribution < -0.4 is 30.7 Å². The van der Waals surface area contributed by atoms with Crippen molar-refractivity contribution in [3.8, 4) is 6.07 Å². The van der Waals surface area contributed by atoms with Crippen molar-refractivity contribution in [2.75, 3.05) is 30.4 Å². The molecule has 0 fully saturated rings. The molecule has 3 N–H and O–H groups in total. The van der Waals surface area contributed by atoms with Crippen LogP contribution >= 0.6 is 11.3 Å². The van der Waals surface area contributed by atoms with Crippen molar-refractivity contribution in [3.63, 3.8) is 0 Å². The Balaban J connectivity index is 2.36.